The number of piperidine rings is 1. The molecule has 0 unspecified atom stereocenters. The Labute approximate surface area is 194 Å². The number of ether oxygens (including phenoxy) is 1. The number of aromatic nitrogens is 3. The van der Waals surface area contributed by atoms with Crippen LogP contribution in [-0.2, 0) is 4.79 Å². The van der Waals surface area contributed by atoms with E-state index in [2.05, 4.69) is 74.3 Å². The van der Waals surface area contributed by atoms with Crippen molar-refractivity contribution in [3.8, 4) is 11.4 Å². The van der Waals surface area contributed by atoms with Crippen molar-refractivity contribution in [3.63, 3.8) is 0 Å². The van der Waals surface area contributed by atoms with Crippen LogP contribution in [0.15, 0.2) is 47.9 Å². The number of hydrogen-bond acceptors (Lipinski definition) is 5. The molecule has 2 heterocycles. The van der Waals surface area contributed by atoms with Gasteiger partial charge in [0.2, 0.25) is 5.91 Å². The molecule has 7 heteroatoms. The maximum atomic E-state index is 12.8. The zero-order valence-electron chi connectivity index (χ0n) is 19.2. The summed E-state index contributed by atoms with van der Waals surface area (Å²) in [5.74, 6) is 1.47. The third kappa shape index (κ3) is 4.99. The molecule has 1 aliphatic heterocycles. The zero-order chi connectivity index (χ0) is 22.7. The normalized spacial score (nSPS) is 14.6. The molecule has 0 aliphatic carbocycles. The van der Waals surface area contributed by atoms with Crippen LogP contribution >= 0.6 is 11.8 Å². The number of carbonyl (C=O) groups excluding carboxylic acids is 1. The first-order chi connectivity index (χ1) is 15.4. The molecule has 0 bridgehead atoms. The second-order valence-electron chi connectivity index (χ2n) is 8.46. The highest BCUT2D eigenvalue weighted by Gasteiger charge is 2.25. The first-order valence-electron chi connectivity index (χ1n) is 11.0. The molecule has 3 aromatic rings. The van der Waals surface area contributed by atoms with Crippen LogP contribution in [0.4, 0.5) is 0 Å². The first-order valence-corrected chi connectivity index (χ1v) is 12.0. The average Bonchev–Trinajstić information content (AvgIpc) is 3.26. The standard InChI is InChI=1S/C25H30N4O2S/c1-17-8-9-21(14-20(17)4)29-16-26-27-25(29)32-15-23(30)28-12-10-22(11-13-28)31-24-18(2)6-5-7-19(24)3/h5-9,14,16,22H,10-13,15H2,1-4H3. The Morgan fingerprint density at radius 3 is 2.44 bits per heavy atom. The van der Waals surface area contributed by atoms with E-state index in [0.717, 1.165) is 53.7 Å². The van der Waals surface area contributed by atoms with Gasteiger partial charge in [-0.25, -0.2) is 0 Å². The predicted octanol–water partition coefficient (Wildman–Crippen LogP) is 4.66. The predicted molar refractivity (Wildman–Crippen MR) is 128 cm³/mol. The van der Waals surface area contributed by atoms with E-state index >= 15 is 0 Å². The fraction of sp³-hybridized carbons (Fsp3) is 0.400. The Balaban J connectivity index is 1.31. The average molecular weight is 451 g/mol. The molecule has 1 fully saturated rings. The number of nitrogens with zero attached hydrogens (tertiary/aromatic N) is 4. The molecule has 0 spiro atoms. The van der Waals surface area contributed by atoms with Crippen LogP contribution in [0.25, 0.3) is 5.69 Å². The van der Waals surface area contributed by atoms with Crippen LogP contribution < -0.4 is 4.74 Å². The highest BCUT2D eigenvalue weighted by Crippen LogP contribution is 2.27. The summed E-state index contributed by atoms with van der Waals surface area (Å²) in [6.45, 7) is 9.78. The number of carbonyl (C=O) groups is 1. The van der Waals surface area contributed by atoms with Crippen LogP contribution in [0.2, 0.25) is 0 Å². The Kier molecular flexibility index (Phi) is 6.84. The Morgan fingerprint density at radius 1 is 1.03 bits per heavy atom. The van der Waals surface area contributed by atoms with Gasteiger partial charge in [0, 0.05) is 31.6 Å². The van der Waals surface area contributed by atoms with Gasteiger partial charge in [0.25, 0.3) is 0 Å². The van der Waals surface area contributed by atoms with E-state index in [9.17, 15) is 4.79 Å². The van der Waals surface area contributed by atoms with E-state index < -0.39 is 0 Å². The van der Waals surface area contributed by atoms with Gasteiger partial charge in [0.15, 0.2) is 5.16 Å². The van der Waals surface area contributed by atoms with Gasteiger partial charge in [0.1, 0.15) is 18.2 Å². The topological polar surface area (TPSA) is 60.2 Å². The van der Waals surface area contributed by atoms with Crippen LogP contribution in [-0.4, -0.2) is 50.5 Å². The third-order valence-electron chi connectivity index (χ3n) is 6.10. The monoisotopic (exact) mass is 450 g/mol. The minimum absolute atomic E-state index is 0.134. The van der Waals surface area contributed by atoms with E-state index in [1.165, 1.54) is 22.9 Å². The number of rotatable bonds is 6. The molecule has 1 aromatic heterocycles. The number of amides is 1. The largest absolute Gasteiger partial charge is 0.490 e. The van der Waals surface area contributed by atoms with E-state index in [-0.39, 0.29) is 12.0 Å². The molecule has 0 saturated carbocycles. The number of para-hydroxylation sites is 1. The molecule has 32 heavy (non-hydrogen) atoms. The summed E-state index contributed by atoms with van der Waals surface area (Å²) >= 11 is 1.43. The zero-order valence-corrected chi connectivity index (χ0v) is 20.0. The van der Waals surface area contributed by atoms with Gasteiger partial charge in [-0.1, -0.05) is 36.0 Å². The number of benzene rings is 2. The lowest BCUT2D eigenvalue weighted by Crippen LogP contribution is -2.42. The second-order valence-corrected chi connectivity index (χ2v) is 9.40. The maximum Gasteiger partial charge on any atom is 0.233 e. The summed E-state index contributed by atoms with van der Waals surface area (Å²) in [4.78, 5) is 14.8. The van der Waals surface area contributed by atoms with E-state index in [1.54, 1.807) is 6.33 Å². The van der Waals surface area contributed by atoms with Gasteiger partial charge in [-0.3, -0.25) is 9.36 Å². The summed E-state index contributed by atoms with van der Waals surface area (Å²) in [7, 11) is 0. The lowest BCUT2D eigenvalue weighted by atomic mass is 10.1. The SMILES string of the molecule is Cc1ccc(-n2cnnc2SCC(=O)N2CCC(Oc3c(C)cccc3C)CC2)cc1C. The lowest BCUT2D eigenvalue weighted by Gasteiger charge is -2.32. The van der Waals surface area contributed by atoms with Gasteiger partial charge in [0.05, 0.1) is 5.75 Å². The number of hydrogen-bond donors (Lipinski definition) is 0. The van der Waals surface area contributed by atoms with Crippen LogP contribution in [0.3, 0.4) is 0 Å². The fourth-order valence-corrected chi connectivity index (χ4v) is 4.80. The Bertz CT molecular complexity index is 1080. The summed E-state index contributed by atoms with van der Waals surface area (Å²) in [5.41, 5.74) is 5.79. The van der Waals surface area contributed by atoms with Gasteiger partial charge in [-0.2, -0.15) is 0 Å². The van der Waals surface area contributed by atoms with Crippen LogP contribution in [0, 0.1) is 27.7 Å². The molecule has 1 aliphatic rings. The highest BCUT2D eigenvalue weighted by molar-refractivity contribution is 7.99. The van der Waals surface area contributed by atoms with E-state index in [0.29, 0.717) is 5.75 Å². The number of thioether (sulfide) groups is 1. The van der Waals surface area contributed by atoms with Crippen molar-refractivity contribution >= 4 is 17.7 Å². The molecule has 1 saturated heterocycles. The molecule has 6 nitrogen and oxygen atoms in total. The maximum absolute atomic E-state index is 12.8. The molecule has 4 rings (SSSR count). The van der Waals surface area contributed by atoms with Crippen LogP contribution in [0.5, 0.6) is 5.75 Å². The summed E-state index contributed by atoms with van der Waals surface area (Å²) in [6.07, 6.45) is 3.55. The van der Waals surface area contributed by atoms with Crippen molar-refractivity contribution in [3.05, 3.63) is 65.0 Å². The molecule has 1 amide bonds. The summed E-state index contributed by atoms with van der Waals surface area (Å²) < 4.78 is 8.22. The minimum Gasteiger partial charge on any atom is -0.490 e. The quantitative estimate of drug-likeness (QED) is 0.511. The smallest absolute Gasteiger partial charge is 0.233 e. The molecular formula is C25H30N4O2S. The molecule has 2 aromatic carbocycles. The van der Waals surface area contributed by atoms with Gasteiger partial charge in [-0.05, 0) is 62.1 Å². The fourth-order valence-electron chi connectivity index (χ4n) is 3.97. The first kappa shape index (κ1) is 22.4. The molecule has 168 valence electrons. The number of aryl methyl sites for hydroxylation is 4. The third-order valence-corrected chi connectivity index (χ3v) is 7.03. The van der Waals surface area contributed by atoms with Crippen molar-refractivity contribution in [2.45, 2.75) is 51.8 Å². The van der Waals surface area contributed by atoms with Gasteiger partial charge >= 0.3 is 0 Å². The molecular weight excluding hydrogens is 420 g/mol. The van der Waals surface area contributed by atoms with Gasteiger partial charge in [-0.15, -0.1) is 10.2 Å². The van der Waals surface area contributed by atoms with Crippen molar-refractivity contribution in [1.29, 1.82) is 0 Å². The Morgan fingerprint density at radius 2 is 1.75 bits per heavy atom. The number of likely N-dealkylation sites (tertiary alicyclic amines) is 1. The van der Waals surface area contributed by atoms with Crippen molar-refractivity contribution in [1.82, 2.24) is 19.7 Å². The lowest BCUT2D eigenvalue weighted by molar-refractivity contribution is -0.130. The molecule has 0 radical (unpaired) electrons. The van der Waals surface area contributed by atoms with Crippen molar-refractivity contribution in [2.24, 2.45) is 0 Å². The Hall–Kier alpha value is -2.80. The van der Waals surface area contributed by atoms with Crippen LogP contribution in [0.1, 0.15) is 35.1 Å². The highest BCUT2D eigenvalue weighted by atomic mass is 32.2. The minimum atomic E-state index is 0.134. The van der Waals surface area contributed by atoms with Gasteiger partial charge < -0.3 is 9.64 Å². The van der Waals surface area contributed by atoms with Crippen molar-refractivity contribution < 1.29 is 9.53 Å². The second kappa shape index (κ2) is 9.77. The van der Waals surface area contributed by atoms with E-state index in [1.807, 2.05) is 9.47 Å². The van der Waals surface area contributed by atoms with E-state index in [4.69, 9.17) is 4.74 Å². The summed E-state index contributed by atoms with van der Waals surface area (Å²) in [6, 6.07) is 12.5. The molecule has 0 atom stereocenters. The summed E-state index contributed by atoms with van der Waals surface area (Å²) in [5, 5.41) is 9.01. The molecule has 0 N–H and O–H groups in total. The van der Waals surface area contributed by atoms with Crippen molar-refractivity contribution in [2.75, 3.05) is 18.8 Å².